The predicted octanol–water partition coefficient (Wildman–Crippen LogP) is 3.91. The second-order valence-electron chi connectivity index (χ2n) is 6.60. The van der Waals surface area contributed by atoms with Crippen LogP contribution in [0.25, 0.3) is 11.0 Å². The second kappa shape index (κ2) is 9.57. The maximum absolute atomic E-state index is 12.4. The van der Waals surface area contributed by atoms with Crippen LogP contribution in [0.1, 0.15) is 31.2 Å². The van der Waals surface area contributed by atoms with E-state index >= 15 is 0 Å². The molecule has 150 valence electrons. The van der Waals surface area contributed by atoms with E-state index < -0.39 is 12.3 Å². The van der Waals surface area contributed by atoms with Gasteiger partial charge in [0.05, 0.1) is 6.26 Å². The standard InChI is InChI=1S/C22H26O6/c1-3-12-26-21(24)20-13-17(16(9-7-11-23)22(28-20)25-4-2)18-14-27-19-10-6-5-8-15(18)19/h3,5-6,8,10,13-14,16-17,22-23H,1,4,7,9,11-12H2,2H3/t16-,17-,22+/m0/s1. The first kappa shape index (κ1) is 20.2. The first-order chi connectivity index (χ1) is 13.7. The highest BCUT2D eigenvalue weighted by atomic mass is 16.7. The molecule has 0 unspecified atom stereocenters. The minimum absolute atomic E-state index is 0.0755. The molecule has 2 aromatic rings. The number of para-hydroxylation sites is 1. The Balaban J connectivity index is 2.02. The highest BCUT2D eigenvalue weighted by molar-refractivity contribution is 5.87. The van der Waals surface area contributed by atoms with Crippen LogP contribution in [-0.2, 0) is 19.0 Å². The maximum atomic E-state index is 12.4. The van der Waals surface area contributed by atoms with Crippen LogP contribution in [0.15, 0.2) is 59.4 Å². The van der Waals surface area contributed by atoms with Gasteiger partial charge in [-0.2, -0.15) is 0 Å². The monoisotopic (exact) mass is 386 g/mol. The van der Waals surface area contributed by atoms with Crippen LogP contribution in [0.2, 0.25) is 0 Å². The highest BCUT2D eigenvalue weighted by Gasteiger charge is 2.39. The lowest BCUT2D eigenvalue weighted by molar-refractivity contribution is -0.175. The molecule has 6 nitrogen and oxygen atoms in total. The summed E-state index contributed by atoms with van der Waals surface area (Å²) in [6, 6.07) is 7.77. The van der Waals surface area contributed by atoms with Crippen molar-refractivity contribution in [2.24, 2.45) is 5.92 Å². The summed E-state index contributed by atoms with van der Waals surface area (Å²) in [6.07, 6.45) is 5.67. The molecule has 3 rings (SSSR count). The van der Waals surface area contributed by atoms with Crippen LogP contribution in [0, 0.1) is 5.92 Å². The van der Waals surface area contributed by atoms with Crippen LogP contribution in [0.3, 0.4) is 0 Å². The summed E-state index contributed by atoms with van der Waals surface area (Å²) in [5.74, 6) is -0.685. The van der Waals surface area contributed by atoms with Crippen molar-refractivity contribution in [3.8, 4) is 0 Å². The van der Waals surface area contributed by atoms with Crippen LogP contribution in [0.5, 0.6) is 0 Å². The van der Waals surface area contributed by atoms with Crippen molar-refractivity contribution in [3.05, 3.63) is 60.6 Å². The average Bonchev–Trinajstić information content (AvgIpc) is 3.14. The number of benzene rings is 1. The zero-order valence-electron chi connectivity index (χ0n) is 16.0. The van der Waals surface area contributed by atoms with Crippen molar-refractivity contribution in [2.75, 3.05) is 19.8 Å². The summed E-state index contributed by atoms with van der Waals surface area (Å²) in [4.78, 5) is 12.4. The number of allylic oxidation sites excluding steroid dienone is 1. The zero-order chi connectivity index (χ0) is 19.9. The molecule has 0 saturated heterocycles. The number of ether oxygens (including phenoxy) is 3. The maximum Gasteiger partial charge on any atom is 0.373 e. The lowest BCUT2D eigenvalue weighted by Gasteiger charge is -2.36. The number of aliphatic hydroxyl groups is 1. The quantitative estimate of drug-likeness (QED) is 0.520. The number of hydrogen-bond donors (Lipinski definition) is 1. The number of aliphatic hydroxyl groups excluding tert-OH is 1. The number of carbonyl (C=O) groups is 1. The summed E-state index contributed by atoms with van der Waals surface area (Å²) in [6.45, 7) is 6.05. The van der Waals surface area contributed by atoms with Gasteiger partial charge >= 0.3 is 5.97 Å². The fourth-order valence-electron chi connectivity index (χ4n) is 3.57. The Morgan fingerprint density at radius 1 is 1.36 bits per heavy atom. The predicted molar refractivity (Wildman–Crippen MR) is 105 cm³/mol. The largest absolute Gasteiger partial charge is 0.464 e. The van der Waals surface area contributed by atoms with Crippen molar-refractivity contribution in [1.29, 1.82) is 0 Å². The van der Waals surface area contributed by atoms with E-state index in [1.54, 1.807) is 12.3 Å². The molecule has 1 aromatic carbocycles. The fourth-order valence-corrected chi connectivity index (χ4v) is 3.57. The number of hydrogen-bond acceptors (Lipinski definition) is 6. The van der Waals surface area contributed by atoms with E-state index in [9.17, 15) is 9.90 Å². The van der Waals surface area contributed by atoms with E-state index in [2.05, 4.69) is 6.58 Å². The molecule has 1 aromatic heterocycles. The van der Waals surface area contributed by atoms with Gasteiger partial charge in [-0.15, -0.1) is 0 Å². The molecule has 0 amide bonds. The smallest absolute Gasteiger partial charge is 0.373 e. The Morgan fingerprint density at radius 3 is 2.93 bits per heavy atom. The van der Waals surface area contributed by atoms with Crippen LogP contribution < -0.4 is 0 Å². The Labute approximate surface area is 164 Å². The van der Waals surface area contributed by atoms with E-state index in [4.69, 9.17) is 18.6 Å². The van der Waals surface area contributed by atoms with Gasteiger partial charge in [0.2, 0.25) is 12.0 Å². The number of rotatable bonds is 9. The molecule has 0 radical (unpaired) electrons. The van der Waals surface area contributed by atoms with Crippen molar-refractivity contribution in [3.63, 3.8) is 0 Å². The molecule has 6 heteroatoms. The number of carbonyl (C=O) groups excluding carboxylic acids is 1. The summed E-state index contributed by atoms with van der Waals surface area (Å²) in [7, 11) is 0. The van der Waals surface area contributed by atoms with Gasteiger partial charge in [-0.1, -0.05) is 30.9 Å². The zero-order valence-corrected chi connectivity index (χ0v) is 16.0. The molecule has 0 aliphatic carbocycles. The molecule has 2 heterocycles. The minimum atomic E-state index is -0.619. The summed E-state index contributed by atoms with van der Waals surface area (Å²) >= 11 is 0. The first-order valence-electron chi connectivity index (χ1n) is 9.54. The Morgan fingerprint density at radius 2 is 2.18 bits per heavy atom. The third kappa shape index (κ3) is 4.29. The molecule has 1 aliphatic heterocycles. The summed E-state index contributed by atoms with van der Waals surface area (Å²) < 4.78 is 22.5. The Hall–Kier alpha value is -2.57. The van der Waals surface area contributed by atoms with Crippen LogP contribution in [-0.4, -0.2) is 37.2 Å². The number of furan rings is 1. The molecule has 0 spiro atoms. The van der Waals surface area contributed by atoms with Crippen LogP contribution >= 0.6 is 0 Å². The van der Waals surface area contributed by atoms with Gasteiger partial charge in [-0.3, -0.25) is 0 Å². The summed E-state index contributed by atoms with van der Waals surface area (Å²) in [5, 5.41) is 10.3. The number of fused-ring (bicyclic) bond motifs is 1. The first-order valence-corrected chi connectivity index (χ1v) is 9.54. The molecule has 3 atom stereocenters. The average molecular weight is 386 g/mol. The summed E-state index contributed by atoms with van der Waals surface area (Å²) in [5.41, 5.74) is 1.74. The highest BCUT2D eigenvalue weighted by Crippen LogP contribution is 2.42. The molecule has 0 bridgehead atoms. The molecule has 1 N–H and O–H groups in total. The lowest BCUT2D eigenvalue weighted by atomic mass is 9.80. The lowest BCUT2D eigenvalue weighted by Crippen LogP contribution is -2.36. The molecular formula is C22H26O6. The van der Waals surface area contributed by atoms with Gasteiger partial charge < -0.3 is 23.7 Å². The van der Waals surface area contributed by atoms with E-state index in [1.807, 2.05) is 31.2 Å². The minimum Gasteiger partial charge on any atom is -0.464 e. The molecule has 1 aliphatic rings. The Bertz CT molecular complexity index is 836. The third-order valence-corrected chi connectivity index (χ3v) is 4.81. The molecule has 28 heavy (non-hydrogen) atoms. The van der Waals surface area contributed by atoms with Crippen molar-refractivity contribution < 1.29 is 28.5 Å². The number of esters is 1. The van der Waals surface area contributed by atoms with E-state index in [1.165, 1.54) is 6.08 Å². The van der Waals surface area contributed by atoms with Gasteiger partial charge in [-0.05, 0) is 31.9 Å². The topological polar surface area (TPSA) is 78.1 Å². The van der Waals surface area contributed by atoms with Gasteiger partial charge in [0.15, 0.2) is 0 Å². The normalized spacial score (nSPS) is 21.8. The van der Waals surface area contributed by atoms with Crippen molar-refractivity contribution >= 4 is 16.9 Å². The van der Waals surface area contributed by atoms with E-state index in [0.29, 0.717) is 19.4 Å². The third-order valence-electron chi connectivity index (χ3n) is 4.81. The van der Waals surface area contributed by atoms with Crippen molar-refractivity contribution in [2.45, 2.75) is 32.0 Å². The van der Waals surface area contributed by atoms with E-state index in [0.717, 1.165) is 16.5 Å². The molecular weight excluding hydrogens is 360 g/mol. The van der Waals surface area contributed by atoms with Crippen LogP contribution in [0.4, 0.5) is 0 Å². The van der Waals surface area contributed by atoms with Crippen molar-refractivity contribution in [1.82, 2.24) is 0 Å². The van der Waals surface area contributed by atoms with Gasteiger partial charge in [0.25, 0.3) is 0 Å². The van der Waals surface area contributed by atoms with Gasteiger partial charge in [0.1, 0.15) is 12.2 Å². The SMILES string of the molecule is C=CCOC(=O)C1=C[C@H](c2coc3ccccc23)[C@H](CCCO)[C@H](OCC)O1. The molecule has 0 saturated carbocycles. The van der Waals surface area contributed by atoms with Gasteiger partial charge in [-0.25, -0.2) is 4.79 Å². The van der Waals surface area contributed by atoms with Gasteiger partial charge in [0, 0.05) is 36.0 Å². The van der Waals surface area contributed by atoms with E-state index in [-0.39, 0.29) is 30.8 Å². The second-order valence-corrected chi connectivity index (χ2v) is 6.60. The Kier molecular flexibility index (Phi) is 6.90. The fraction of sp³-hybridized carbons (Fsp3) is 0.409. The molecule has 0 fully saturated rings.